The number of rotatable bonds is 12. The highest BCUT2D eigenvalue weighted by Crippen LogP contribution is 2.39. The predicted molar refractivity (Wildman–Crippen MR) is 385 cm³/mol. The summed E-state index contributed by atoms with van der Waals surface area (Å²) in [6.07, 6.45) is 0. The zero-order chi connectivity index (χ0) is 63.2. The maximum absolute atomic E-state index is 11.4. The van der Waals surface area contributed by atoms with Crippen LogP contribution in [0.4, 0.5) is 17.1 Å². The van der Waals surface area contributed by atoms with Crippen molar-refractivity contribution >= 4 is 146 Å². The maximum atomic E-state index is 11.4. The van der Waals surface area contributed by atoms with Crippen LogP contribution in [0.25, 0.3) is 55.2 Å². The van der Waals surface area contributed by atoms with Gasteiger partial charge >= 0.3 is 24.0 Å². The van der Waals surface area contributed by atoms with Crippen LogP contribution in [0.5, 0.6) is 0 Å². The fourth-order valence-electron chi connectivity index (χ4n) is 8.84. The van der Waals surface area contributed by atoms with Crippen LogP contribution >= 0.6 is 77.6 Å². The summed E-state index contributed by atoms with van der Waals surface area (Å²) in [5.41, 5.74) is 10.9. The molecule has 0 N–H and O–H groups in total. The van der Waals surface area contributed by atoms with Crippen molar-refractivity contribution in [2.24, 2.45) is 2.92 Å². The van der Waals surface area contributed by atoms with Crippen molar-refractivity contribution in [3.8, 4) is 22.3 Å². The molecule has 1 unspecified atom stereocenters. The van der Waals surface area contributed by atoms with E-state index in [1.807, 2.05) is 109 Å². The van der Waals surface area contributed by atoms with Gasteiger partial charge in [0.05, 0.1) is 37.1 Å². The Morgan fingerprint density at radius 1 is 0.500 bits per heavy atom. The summed E-state index contributed by atoms with van der Waals surface area (Å²) in [6.45, 7) is 10.8. The third-order valence-corrected chi connectivity index (χ3v) is 15.6. The van der Waals surface area contributed by atoms with E-state index in [1.54, 1.807) is 12.1 Å². The molecule has 1 atom stereocenters. The smallest absolute Gasteiger partial charge is 0.423 e. The van der Waals surface area contributed by atoms with Crippen molar-refractivity contribution in [1.29, 1.82) is 0 Å². The molecular weight excluding hydrogens is 1440 g/mol. The lowest BCUT2D eigenvalue weighted by atomic mass is 9.79. The van der Waals surface area contributed by atoms with Gasteiger partial charge in [0.15, 0.2) is 5.70 Å². The lowest BCUT2D eigenvalue weighted by Crippen LogP contribution is -2.41. The molecule has 21 nitrogen and oxygen atoms in total. The van der Waals surface area contributed by atoms with Gasteiger partial charge in [-0.3, -0.25) is 33.3 Å². The van der Waals surface area contributed by atoms with Gasteiger partial charge in [-0.2, -0.15) is 0 Å². The molecule has 0 spiro atoms. The fraction of sp³-hybridized carbons (Fsp3) is 0.274. The van der Waals surface area contributed by atoms with E-state index in [2.05, 4.69) is 83.3 Å². The van der Waals surface area contributed by atoms with E-state index in [9.17, 15) is 44.7 Å². The first-order valence-corrected chi connectivity index (χ1v) is 30.0. The number of fused-ring (bicyclic) bond motifs is 3. The van der Waals surface area contributed by atoms with Gasteiger partial charge in [0, 0.05) is 72.2 Å². The summed E-state index contributed by atoms with van der Waals surface area (Å²) < 4.78 is 31.3. The highest BCUT2D eigenvalue weighted by atomic mass is 127. The van der Waals surface area contributed by atoms with Gasteiger partial charge in [0.2, 0.25) is 0 Å². The minimum absolute atomic E-state index is 0. The lowest BCUT2D eigenvalue weighted by molar-refractivity contribution is -0.385. The van der Waals surface area contributed by atoms with Gasteiger partial charge in [-0.25, -0.2) is 14.4 Å². The SMILES string of the molecule is C.C.CN(C)Cc1ccc(-c2c([N+](=O)[O-])ccc3oc(=O)ccc23)cc1.CN(C)Cc1ccc(-c2c([N+](=O)[O-])ccc3oc(=O)ccc23)cc1.CN(C)Cc1ccc(B2OC(C)(C)C(C)(C)O2)cc1.Cl.Cl.O=c1ccc2c(I)c([N+](=O)[O-])ccc2o1.[B]I=NP. The summed E-state index contributed by atoms with van der Waals surface area (Å²) in [7, 11) is 14.0. The molecule has 0 bridgehead atoms. The average Bonchev–Trinajstić information content (AvgIpc) is 1.26. The minimum atomic E-state index is -0.483. The normalized spacial score (nSPS) is 12.6. The number of nitro groups is 3. The average molecular weight is 1520 g/mol. The Kier molecular flexibility index (Phi) is 31.6. The second-order valence-corrected chi connectivity index (χ2v) is 24.7. The Morgan fingerprint density at radius 3 is 1.09 bits per heavy atom. The Hall–Kier alpha value is -6.65. The third kappa shape index (κ3) is 21.2. The van der Waals surface area contributed by atoms with E-state index in [0.717, 1.165) is 36.2 Å². The van der Waals surface area contributed by atoms with Crippen molar-refractivity contribution in [2.75, 3.05) is 42.3 Å². The molecule has 9 aromatic rings. The van der Waals surface area contributed by atoms with Crippen LogP contribution < -0.4 is 22.3 Å². The largest absolute Gasteiger partial charge is 0.494 e. The monoisotopic (exact) mass is 1520 g/mol. The topological polar surface area (TPSA) is 261 Å². The maximum Gasteiger partial charge on any atom is 0.494 e. The summed E-state index contributed by atoms with van der Waals surface area (Å²) in [6, 6.07) is 40.5. The standard InChI is InChI=1S/2C18H16N2O4.C15H24BNO2.C9H4INO4.2CH4.BH2INP.2ClH/c2*1-19(2)11-12-3-5-13(6-4-12)18-14-7-10-17(21)24-16(14)9-8-15(18)20(22)23;1-14(2)15(3,4)19-16(18-14)13-9-7-12(8-10-13)11-17(5)6;10-9-5-1-4-8(12)15-7(5)3-2-6(9)11(13)14;;;1-2-3-4;;/h2*3-10H,11H2,1-2H3;7-10H,11H2,1-6H3;1-4H;2*1H4;4H2;2*1H. The molecule has 3 aromatic heterocycles. The van der Waals surface area contributed by atoms with Crippen LogP contribution in [0.15, 0.2) is 176 Å². The summed E-state index contributed by atoms with van der Waals surface area (Å²) in [5.74, 6) is 0. The van der Waals surface area contributed by atoms with E-state index in [4.69, 9.17) is 28.3 Å². The predicted octanol–water partition coefficient (Wildman–Crippen LogP) is 14.3. The van der Waals surface area contributed by atoms with E-state index < -0.39 is 31.6 Å². The Balaban J connectivity index is 0.000000400. The van der Waals surface area contributed by atoms with Crippen LogP contribution in [-0.4, -0.2) is 95.8 Å². The molecule has 1 aliphatic heterocycles. The first kappa shape index (κ1) is 79.4. The summed E-state index contributed by atoms with van der Waals surface area (Å²) >= 11 is 1.56. The molecule has 90 heavy (non-hydrogen) atoms. The van der Waals surface area contributed by atoms with Crippen molar-refractivity contribution in [3.63, 3.8) is 0 Å². The zero-order valence-corrected chi connectivity index (χ0v) is 56.7. The van der Waals surface area contributed by atoms with Gasteiger partial charge in [0.1, 0.15) is 20.3 Å². The van der Waals surface area contributed by atoms with E-state index in [1.165, 1.54) is 66.2 Å². The van der Waals surface area contributed by atoms with Crippen molar-refractivity contribution in [3.05, 3.63) is 227 Å². The van der Waals surface area contributed by atoms with Gasteiger partial charge < -0.3 is 37.3 Å². The lowest BCUT2D eigenvalue weighted by Gasteiger charge is -2.32. The first-order valence-electron chi connectivity index (χ1n) is 26.2. The number of hydrogen-bond donors (Lipinski definition) is 0. The van der Waals surface area contributed by atoms with Crippen LogP contribution in [-0.2, 0) is 28.9 Å². The van der Waals surface area contributed by atoms with Gasteiger partial charge in [-0.15, -0.1) is 24.8 Å². The minimum Gasteiger partial charge on any atom is -0.423 e. The Morgan fingerprint density at radius 2 is 0.789 bits per heavy atom. The molecule has 28 heteroatoms. The highest BCUT2D eigenvalue weighted by molar-refractivity contribution is 14.2. The highest BCUT2D eigenvalue weighted by Gasteiger charge is 2.51. The Labute approximate surface area is 562 Å². The summed E-state index contributed by atoms with van der Waals surface area (Å²) in [5, 5.41) is 35.2. The molecule has 1 aliphatic rings. The fourth-order valence-corrected chi connectivity index (χ4v) is 9.66. The molecule has 478 valence electrons. The first-order chi connectivity index (χ1) is 40.6. The number of benzene rings is 6. The molecule has 10 rings (SSSR count). The van der Waals surface area contributed by atoms with Crippen LogP contribution in [0.2, 0.25) is 0 Å². The van der Waals surface area contributed by atoms with Crippen LogP contribution in [0.3, 0.4) is 0 Å². The molecule has 0 aliphatic carbocycles. The quantitative estimate of drug-likeness (QED) is 0.0275. The van der Waals surface area contributed by atoms with Crippen LogP contribution in [0, 0.1) is 33.9 Å². The van der Waals surface area contributed by atoms with Crippen LogP contribution in [0.1, 0.15) is 59.2 Å². The van der Waals surface area contributed by atoms with E-state index >= 15 is 0 Å². The van der Waals surface area contributed by atoms with Crippen molar-refractivity contribution < 1.29 is 37.3 Å². The van der Waals surface area contributed by atoms with Gasteiger partial charge in [-0.05, 0) is 172 Å². The molecular formula is C62H72B2Cl2I2N7O14P. The molecule has 2 radical (unpaired) electrons. The number of nitro benzene ring substituents is 3. The van der Waals surface area contributed by atoms with Crippen molar-refractivity contribution in [1.82, 2.24) is 14.7 Å². The van der Waals surface area contributed by atoms with Crippen molar-refractivity contribution in [2.45, 2.75) is 73.4 Å². The number of halogens is 4. The number of hydrogen-bond acceptors (Lipinski definition) is 18. The Bertz CT molecular complexity index is 3920. The molecule has 1 saturated heterocycles. The second kappa shape index (κ2) is 35.8. The van der Waals surface area contributed by atoms with E-state index in [0.29, 0.717) is 58.7 Å². The third-order valence-electron chi connectivity index (χ3n) is 13.4. The molecule has 4 heterocycles. The zero-order valence-electron chi connectivity index (χ0n) is 49.6. The molecule has 1 fully saturated rings. The van der Waals surface area contributed by atoms with Gasteiger partial charge in [-0.1, -0.05) is 108 Å². The van der Waals surface area contributed by atoms with E-state index in [-0.39, 0.29) is 95.9 Å². The molecule has 0 amide bonds. The molecule has 0 saturated carbocycles. The second-order valence-electron chi connectivity index (χ2n) is 21.2. The molecule has 6 aromatic carbocycles. The summed E-state index contributed by atoms with van der Waals surface area (Å²) in [4.78, 5) is 72.1. The van der Waals surface area contributed by atoms with Gasteiger partial charge in [0.25, 0.3) is 17.1 Å². The number of nitrogens with zero attached hydrogens (tertiary/aromatic N) is 7.